The van der Waals surface area contributed by atoms with Crippen molar-refractivity contribution in [3.05, 3.63) is 35.4 Å². The van der Waals surface area contributed by atoms with Gasteiger partial charge in [0, 0.05) is 25.1 Å². The molecular weight excluding hydrogens is 236 g/mol. The van der Waals surface area contributed by atoms with Gasteiger partial charge in [0.2, 0.25) is 0 Å². The maximum atomic E-state index is 13.3. The SMILES string of the molecule is CCNCC1CCCOC1c1cc(F)cc(F)c1. The summed E-state index contributed by atoms with van der Waals surface area (Å²) in [7, 11) is 0. The Balaban J connectivity index is 2.16. The number of nitrogens with one attached hydrogen (secondary N) is 1. The van der Waals surface area contributed by atoms with E-state index in [1.54, 1.807) is 0 Å². The third-order valence-corrected chi connectivity index (χ3v) is 3.31. The summed E-state index contributed by atoms with van der Waals surface area (Å²) in [6.45, 7) is 4.41. The lowest BCUT2D eigenvalue weighted by molar-refractivity contribution is -0.0279. The lowest BCUT2D eigenvalue weighted by Crippen LogP contribution is -2.32. The van der Waals surface area contributed by atoms with Crippen molar-refractivity contribution in [1.82, 2.24) is 5.32 Å². The largest absolute Gasteiger partial charge is 0.373 e. The van der Waals surface area contributed by atoms with Crippen LogP contribution in [-0.4, -0.2) is 19.7 Å². The van der Waals surface area contributed by atoms with Gasteiger partial charge in [0.05, 0.1) is 6.10 Å². The number of hydrogen-bond acceptors (Lipinski definition) is 2. The standard InChI is InChI=1S/C14H19F2NO/c1-2-17-9-10-4-3-5-18-14(10)11-6-12(15)8-13(16)7-11/h6-8,10,14,17H,2-5,9H2,1H3. The van der Waals surface area contributed by atoms with Gasteiger partial charge < -0.3 is 10.1 Å². The van der Waals surface area contributed by atoms with Crippen LogP contribution in [-0.2, 0) is 4.74 Å². The highest BCUT2D eigenvalue weighted by atomic mass is 19.1. The van der Waals surface area contributed by atoms with Crippen LogP contribution in [0.2, 0.25) is 0 Å². The summed E-state index contributed by atoms with van der Waals surface area (Å²) in [6, 6.07) is 3.64. The zero-order chi connectivity index (χ0) is 13.0. The summed E-state index contributed by atoms with van der Waals surface area (Å²) >= 11 is 0. The zero-order valence-electron chi connectivity index (χ0n) is 10.6. The second-order valence-electron chi connectivity index (χ2n) is 4.70. The quantitative estimate of drug-likeness (QED) is 0.893. The fraction of sp³-hybridized carbons (Fsp3) is 0.571. The molecule has 1 heterocycles. The van der Waals surface area contributed by atoms with Crippen LogP contribution in [0.15, 0.2) is 18.2 Å². The monoisotopic (exact) mass is 255 g/mol. The molecule has 2 nitrogen and oxygen atoms in total. The minimum absolute atomic E-state index is 0.206. The predicted octanol–water partition coefficient (Wildman–Crippen LogP) is 3.04. The molecule has 1 fully saturated rings. The number of benzene rings is 1. The Morgan fingerprint density at radius 3 is 2.67 bits per heavy atom. The predicted molar refractivity (Wildman–Crippen MR) is 66.3 cm³/mol. The number of rotatable bonds is 4. The van der Waals surface area contributed by atoms with Crippen molar-refractivity contribution in [2.24, 2.45) is 5.92 Å². The van der Waals surface area contributed by atoms with Crippen LogP contribution < -0.4 is 5.32 Å². The minimum Gasteiger partial charge on any atom is -0.373 e. The molecule has 0 aliphatic carbocycles. The van der Waals surface area contributed by atoms with Crippen molar-refractivity contribution in [2.45, 2.75) is 25.9 Å². The van der Waals surface area contributed by atoms with Crippen LogP contribution >= 0.6 is 0 Å². The molecule has 1 aromatic rings. The smallest absolute Gasteiger partial charge is 0.126 e. The van der Waals surface area contributed by atoms with E-state index >= 15 is 0 Å². The van der Waals surface area contributed by atoms with Gasteiger partial charge in [-0.3, -0.25) is 0 Å². The van der Waals surface area contributed by atoms with Gasteiger partial charge >= 0.3 is 0 Å². The number of hydrogen-bond donors (Lipinski definition) is 1. The molecule has 0 aromatic heterocycles. The average Bonchev–Trinajstić information content (AvgIpc) is 2.35. The van der Waals surface area contributed by atoms with Gasteiger partial charge in [-0.2, -0.15) is 0 Å². The van der Waals surface area contributed by atoms with Gasteiger partial charge in [0.15, 0.2) is 0 Å². The molecule has 18 heavy (non-hydrogen) atoms. The second-order valence-corrected chi connectivity index (χ2v) is 4.70. The first kappa shape index (κ1) is 13.4. The van der Waals surface area contributed by atoms with E-state index in [9.17, 15) is 8.78 Å². The Morgan fingerprint density at radius 2 is 2.00 bits per heavy atom. The van der Waals surface area contributed by atoms with Crippen LogP contribution in [0.1, 0.15) is 31.4 Å². The summed E-state index contributed by atoms with van der Waals surface area (Å²) in [4.78, 5) is 0. The molecule has 1 saturated heterocycles. The van der Waals surface area contributed by atoms with E-state index < -0.39 is 11.6 Å². The lowest BCUT2D eigenvalue weighted by Gasteiger charge is -2.32. The van der Waals surface area contributed by atoms with Crippen LogP contribution in [0.5, 0.6) is 0 Å². The molecule has 1 aliphatic heterocycles. The summed E-state index contributed by atoms with van der Waals surface area (Å²) < 4.78 is 32.2. The average molecular weight is 255 g/mol. The Bertz CT molecular complexity index is 377. The molecule has 2 atom stereocenters. The summed E-state index contributed by atoms with van der Waals surface area (Å²) in [6.07, 6.45) is 1.82. The van der Waals surface area contributed by atoms with E-state index in [-0.39, 0.29) is 12.0 Å². The van der Waals surface area contributed by atoms with Crippen molar-refractivity contribution in [3.8, 4) is 0 Å². The number of halogens is 2. The van der Waals surface area contributed by atoms with Crippen molar-refractivity contribution >= 4 is 0 Å². The Labute approximate surface area is 106 Å². The topological polar surface area (TPSA) is 21.3 Å². The van der Waals surface area contributed by atoms with Crippen LogP contribution in [0, 0.1) is 17.6 Å². The minimum atomic E-state index is -0.540. The van der Waals surface area contributed by atoms with Crippen molar-refractivity contribution < 1.29 is 13.5 Å². The summed E-state index contributed by atoms with van der Waals surface area (Å²) in [5.41, 5.74) is 0.607. The third-order valence-electron chi connectivity index (χ3n) is 3.31. The first-order chi connectivity index (χ1) is 8.70. The van der Waals surface area contributed by atoms with Gasteiger partial charge in [-0.15, -0.1) is 0 Å². The fourth-order valence-corrected chi connectivity index (χ4v) is 2.49. The molecule has 1 N–H and O–H groups in total. The van der Waals surface area contributed by atoms with Crippen LogP contribution in [0.3, 0.4) is 0 Å². The van der Waals surface area contributed by atoms with Gasteiger partial charge in [0.25, 0.3) is 0 Å². The highest BCUT2D eigenvalue weighted by molar-refractivity contribution is 5.21. The summed E-state index contributed by atoms with van der Waals surface area (Å²) in [5, 5.41) is 3.28. The molecule has 100 valence electrons. The maximum absolute atomic E-state index is 13.3. The first-order valence-corrected chi connectivity index (χ1v) is 6.49. The molecular formula is C14H19F2NO. The maximum Gasteiger partial charge on any atom is 0.126 e. The van der Waals surface area contributed by atoms with E-state index in [1.165, 1.54) is 12.1 Å². The highest BCUT2D eigenvalue weighted by Crippen LogP contribution is 2.33. The molecule has 1 aromatic carbocycles. The lowest BCUT2D eigenvalue weighted by atomic mass is 9.89. The van der Waals surface area contributed by atoms with Gasteiger partial charge in [-0.25, -0.2) is 8.78 Å². The highest BCUT2D eigenvalue weighted by Gasteiger charge is 2.27. The van der Waals surface area contributed by atoms with E-state index in [1.807, 2.05) is 6.92 Å². The van der Waals surface area contributed by atoms with Gasteiger partial charge in [-0.1, -0.05) is 6.92 Å². The second kappa shape index (κ2) is 6.25. The molecule has 0 amide bonds. The van der Waals surface area contributed by atoms with Crippen LogP contribution in [0.25, 0.3) is 0 Å². The van der Waals surface area contributed by atoms with Crippen molar-refractivity contribution in [2.75, 3.05) is 19.7 Å². The first-order valence-electron chi connectivity index (χ1n) is 6.49. The van der Waals surface area contributed by atoms with Gasteiger partial charge in [-0.05, 0) is 37.1 Å². The molecule has 0 radical (unpaired) electrons. The van der Waals surface area contributed by atoms with Crippen molar-refractivity contribution in [3.63, 3.8) is 0 Å². The van der Waals surface area contributed by atoms with E-state index in [0.29, 0.717) is 12.2 Å². The molecule has 2 unspecified atom stereocenters. The Hall–Kier alpha value is -1.00. The normalized spacial score (nSPS) is 24.2. The number of ether oxygens (including phenoxy) is 1. The zero-order valence-corrected chi connectivity index (χ0v) is 10.6. The third kappa shape index (κ3) is 3.27. The molecule has 2 rings (SSSR count). The van der Waals surface area contributed by atoms with Gasteiger partial charge in [0.1, 0.15) is 11.6 Å². The van der Waals surface area contributed by atoms with Crippen LogP contribution in [0.4, 0.5) is 8.78 Å². The Morgan fingerprint density at radius 1 is 1.28 bits per heavy atom. The van der Waals surface area contributed by atoms with E-state index in [0.717, 1.165) is 32.0 Å². The van der Waals surface area contributed by atoms with E-state index in [4.69, 9.17) is 4.74 Å². The molecule has 0 saturated carbocycles. The molecule has 0 bridgehead atoms. The molecule has 4 heteroatoms. The summed E-state index contributed by atoms with van der Waals surface area (Å²) in [5.74, 6) is -0.803. The Kier molecular flexibility index (Phi) is 4.66. The fourth-order valence-electron chi connectivity index (χ4n) is 2.49. The van der Waals surface area contributed by atoms with Crippen molar-refractivity contribution in [1.29, 1.82) is 0 Å². The molecule has 1 aliphatic rings. The van der Waals surface area contributed by atoms with E-state index in [2.05, 4.69) is 5.32 Å². The molecule has 0 spiro atoms.